The van der Waals surface area contributed by atoms with Crippen LogP contribution in [-0.4, -0.2) is 28.1 Å². The van der Waals surface area contributed by atoms with E-state index in [1.54, 1.807) is 25.1 Å². The molecule has 18 heavy (non-hydrogen) atoms. The summed E-state index contributed by atoms with van der Waals surface area (Å²) in [6.45, 7) is 3.57. The van der Waals surface area contributed by atoms with Crippen molar-refractivity contribution in [3.05, 3.63) is 28.2 Å². The number of hydrogen-bond acceptors (Lipinski definition) is 3. The van der Waals surface area contributed by atoms with Gasteiger partial charge in [0.05, 0.1) is 22.6 Å². The minimum absolute atomic E-state index is 0.00517. The van der Waals surface area contributed by atoms with E-state index < -0.39 is 6.10 Å². The summed E-state index contributed by atoms with van der Waals surface area (Å²) in [7, 11) is 0. The van der Waals surface area contributed by atoms with Crippen LogP contribution in [0.1, 0.15) is 13.8 Å². The number of rotatable bonds is 5. The zero-order valence-corrected chi connectivity index (χ0v) is 12.4. The zero-order chi connectivity index (χ0) is 13.7. The van der Waals surface area contributed by atoms with E-state index in [1.165, 1.54) is 11.8 Å². The molecular formula is C12H15Cl2NO2S. The number of carbonyl (C=O) groups is 1. The molecule has 0 aliphatic heterocycles. The van der Waals surface area contributed by atoms with Gasteiger partial charge in [0.15, 0.2) is 0 Å². The molecule has 2 N–H and O–H groups in total. The van der Waals surface area contributed by atoms with E-state index in [1.807, 2.05) is 6.92 Å². The number of nitrogens with one attached hydrogen (secondary N) is 1. The molecule has 0 aromatic heterocycles. The molecule has 1 aromatic rings. The van der Waals surface area contributed by atoms with Gasteiger partial charge < -0.3 is 10.4 Å². The molecule has 0 radical (unpaired) electrons. The van der Waals surface area contributed by atoms with Crippen LogP contribution in [0, 0.1) is 0 Å². The molecule has 0 aliphatic carbocycles. The van der Waals surface area contributed by atoms with Crippen LogP contribution in [-0.2, 0) is 4.79 Å². The highest BCUT2D eigenvalue weighted by molar-refractivity contribution is 8.00. The van der Waals surface area contributed by atoms with Crippen LogP contribution in [0.3, 0.4) is 0 Å². The summed E-state index contributed by atoms with van der Waals surface area (Å²) in [5.41, 5.74) is 0.500. The summed E-state index contributed by atoms with van der Waals surface area (Å²) in [4.78, 5) is 11.7. The van der Waals surface area contributed by atoms with Gasteiger partial charge in [0.1, 0.15) is 0 Å². The molecule has 0 spiro atoms. The molecule has 2 atom stereocenters. The van der Waals surface area contributed by atoms with Crippen molar-refractivity contribution in [3.8, 4) is 0 Å². The Morgan fingerprint density at radius 2 is 2.11 bits per heavy atom. The van der Waals surface area contributed by atoms with E-state index in [-0.39, 0.29) is 16.9 Å². The zero-order valence-electron chi connectivity index (χ0n) is 10.1. The lowest BCUT2D eigenvalue weighted by molar-refractivity contribution is -0.113. The van der Waals surface area contributed by atoms with Gasteiger partial charge in [-0.15, -0.1) is 11.8 Å². The molecule has 0 fully saturated rings. The lowest BCUT2D eigenvalue weighted by Gasteiger charge is -2.14. The fourth-order valence-electron chi connectivity index (χ4n) is 1.13. The van der Waals surface area contributed by atoms with Crippen molar-refractivity contribution in [1.82, 2.24) is 0 Å². The maximum atomic E-state index is 11.7. The Labute approximate surface area is 121 Å². The van der Waals surface area contributed by atoms with Crippen molar-refractivity contribution in [2.75, 3.05) is 11.1 Å². The highest BCUT2D eigenvalue weighted by Gasteiger charge is 2.12. The molecule has 3 nitrogen and oxygen atoms in total. The van der Waals surface area contributed by atoms with Crippen molar-refractivity contribution >= 4 is 46.6 Å². The largest absolute Gasteiger partial charge is 0.392 e. The van der Waals surface area contributed by atoms with Gasteiger partial charge in [-0.3, -0.25) is 4.79 Å². The lowest BCUT2D eigenvalue weighted by Crippen LogP contribution is -2.20. The minimum atomic E-state index is -0.447. The normalized spacial score (nSPS) is 14.1. The van der Waals surface area contributed by atoms with E-state index >= 15 is 0 Å². The third-order valence-corrected chi connectivity index (χ3v) is 4.27. The smallest absolute Gasteiger partial charge is 0.234 e. The Hall–Kier alpha value is -0.420. The summed E-state index contributed by atoms with van der Waals surface area (Å²) < 4.78 is 0. The lowest BCUT2D eigenvalue weighted by atomic mass is 10.3. The van der Waals surface area contributed by atoms with Crippen molar-refractivity contribution in [2.24, 2.45) is 0 Å². The molecule has 0 aliphatic rings. The third kappa shape index (κ3) is 5.06. The second kappa shape index (κ2) is 7.24. The van der Waals surface area contributed by atoms with Crippen LogP contribution in [0.4, 0.5) is 5.69 Å². The summed E-state index contributed by atoms with van der Waals surface area (Å²) >= 11 is 13.1. The molecule has 0 heterocycles. The Balaban J connectivity index is 2.52. The van der Waals surface area contributed by atoms with Crippen LogP contribution < -0.4 is 5.32 Å². The maximum Gasteiger partial charge on any atom is 0.234 e. The van der Waals surface area contributed by atoms with E-state index in [0.717, 1.165) is 0 Å². The van der Waals surface area contributed by atoms with E-state index in [9.17, 15) is 9.90 Å². The van der Waals surface area contributed by atoms with Gasteiger partial charge in [-0.2, -0.15) is 0 Å². The molecule has 6 heteroatoms. The first-order valence-electron chi connectivity index (χ1n) is 5.44. The number of benzene rings is 1. The first-order valence-corrected chi connectivity index (χ1v) is 7.25. The highest BCUT2D eigenvalue weighted by atomic mass is 35.5. The van der Waals surface area contributed by atoms with Crippen molar-refractivity contribution in [1.29, 1.82) is 0 Å². The first-order chi connectivity index (χ1) is 8.40. The first kappa shape index (κ1) is 15.6. The van der Waals surface area contributed by atoms with E-state index in [4.69, 9.17) is 23.2 Å². The summed E-state index contributed by atoms with van der Waals surface area (Å²) in [5, 5.41) is 13.0. The van der Waals surface area contributed by atoms with Crippen LogP contribution in [0.15, 0.2) is 18.2 Å². The number of halogens is 2. The SMILES string of the molecule is CC(O)C(C)SCC(=O)Nc1cc(Cl)ccc1Cl. The average Bonchev–Trinajstić information content (AvgIpc) is 2.30. The number of aliphatic hydroxyl groups is 1. The Bertz CT molecular complexity index is 427. The van der Waals surface area contributed by atoms with Crippen LogP contribution in [0.2, 0.25) is 10.0 Å². The van der Waals surface area contributed by atoms with Crippen molar-refractivity contribution in [3.63, 3.8) is 0 Å². The summed E-state index contributed by atoms with van der Waals surface area (Å²) in [6, 6.07) is 4.89. The van der Waals surface area contributed by atoms with Gasteiger partial charge in [0.25, 0.3) is 0 Å². The standard InChI is InChI=1S/C12H15Cl2NO2S/c1-7(16)8(2)18-6-12(17)15-11-5-9(13)3-4-10(11)14/h3-5,7-8,16H,6H2,1-2H3,(H,15,17). The van der Waals surface area contributed by atoms with Crippen molar-refractivity contribution < 1.29 is 9.90 Å². The summed E-state index contributed by atoms with van der Waals surface area (Å²) in [6.07, 6.45) is -0.447. The average molecular weight is 308 g/mol. The number of carbonyl (C=O) groups excluding carboxylic acids is 1. The fourth-order valence-corrected chi connectivity index (χ4v) is 2.23. The maximum absolute atomic E-state index is 11.7. The number of aliphatic hydroxyl groups excluding tert-OH is 1. The van der Waals surface area contributed by atoms with Gasteiger partial charge in [-0.1, -0.05) is 30.1 Å². The fraction of sp³-hybridized carbons (Fsp3) is 0.417. The molecule has 1 rings (SSSR count). The van der Waals surface area contributed by atoms with Gasteiger partial charge in [0.2, 0.25) is 5.91 Å². The van der Waals surface area contributed by atoms with E-state index in [2.05, 4.69) is 5.32 Å². The molecule has 1 amide bonds. The number of thioether (sulfide) groups is 1. The molecular weight excluding hydrogens is 293 g/mol. The molecule has 2 unspecified atom stereocenters. The second-order valence-electron chi connectivity index (χ2n) is 3.93. The molecule has 0 saturated heterocycles. The van der Waals surface area contributed by atoms with Crippen LogP contribution >= 0.6 is 35.0 Å². The van der Waals surface area contributed by atoms with E-state index in [0.29, 0.717) is 15.7 Å². The minimum Gasteiger partial charge on any atom is -0.392 e. The topological polar surface area (TPSA) is 49.3 Å². The predicted molar refractivity (Wildman–Crippen MR) is 78.7 cm³/mol. The van der Waals surface area contributed by atoms with Gasteiger partial charge in [-0.05, 0) is 25.1 Å². The van der Waals surface area contributed by atoms with Crippen LogP contribution in [0.5, 0.6) is 0 Å². The molecule has 1 aromatic carbocycles. The van der Waals surface area contributed by atoms with Crippen molar-refractivity contribution in [2.45, 2.75) is 25.2 Å². The van der Waals surface area contributed by atoms with Crippen LogP contribution in [0.25, 0.3) is 0 Å². The Morgan fingerprint density at radius 3 is 2.72 bits per heavy atom. The monoisotopic (exact) mass is 307 g/mol. The Kier molecular flexibility index (Phi) is 6.29. The number of anilines is 1. The predicted octanol–water partition coefficient (Wildman–Crippen LogP) is 3.43. The highest BCUT2D eigenvalue weighted by Crippen LogP contribution is 2.25. The Morgan fingerprint density at radius 1 is 1.44 bits per heavy atom. The number of hydrogen-bond donors (Lipinski definition) is 2. The second-order valence-corrected chi connectivity index (χ2v) is 6.14. The van der Waals surface area contributed by atoms with Gasteiger partial charge >= 0.3 is 0 Å². The van der Waals surface area contributed by atoms with Gasteiger partial charge in [-0.25, -0.2) is 0 Å². The molecule has 100 valence electrons. The quantitative estimate of drug-likeness (QED) is 0.876. The van der Waals surface area contributed by atoms with Gasteiger partial charge in [0, 0.05) is 10.3 Å². The summed E-state index contributed by atoms with van der Waals surface area (Å²) in [5.74, 6) is 0.0891. The molecule has 0 saturated carbocycles. The molecule has 0 bridgehead atoms. The number of amides is 1. The third-order valence-electron chi connectivity index (χ3n) is 2.36.